The number of carbonyl (C=O) groups is 1. The summed E-state index contributed by atoms with van der Waals surface area (Å²) >= 11 is 0. The molecule has 1 heterocycles. The van der Waals surface area contributed by atoms with Crippen molar-refractivity contribution in [1.82, 2.24) is 4.90 Å². The van der Waals surface area contributed by atoms with E-state index in [2.05, 4.69) is 11.9 Å². The summed E-state index contributed by atoms with van der Waals surface area (Å²) in [6.45, 7) is 3.23. The monoisotopic (exact) mass is 241 g/mol. The van der Waals surface area contributed by atoms with Gasteiger partial charge in [-0.1, -0.05) is 0 Å². The van der Waals surface area contributed by atoms with Crippen LogP contribution in [0, 0.1) is 11.3 Å². The molecular weight excluding hydrogens is 218 g/mol. The van der Waals surface area contributed by atoms with Crippen LogP contribution in [0.4, 0.5) is 0 Å². The predicted octanol–water partition coefficient (Wildman–Crippen LogP) is 0.685. The van der Waals surface area contributed by atoms with Gasteiger partial charge in [0.1, 0.15) is 6.29 Å². The van der Waals surface area contributed by atoms with Crippen LogP contribution in [0.5, 0.6) is 0 Å². The van der Waals surface area contributed by atoms with Crippen LogP contribution < -0.4 is 0 Å². The quantitative estimate of drug-likeness (QED) is 0.719. The van der Waals surface area contributed by atoms with E-state index in [1.807, 2.05) is 0 Å². The van der Waals surface area contributed by atoms with Crippen LogP contribution in [-0.2, 0) is 9.53 Å². The molecule has 1 saturated heterocycles. The zero-order chi connectivity index (χ0) is 12.3. The Morgan fingerprint density at radius 2 is 2.06 bits per heavy atom. The van der Waals surface area contributed by atoms with Gasteiger partial charge < -0.3 is 19.5 Å². The van der Waals surface area contributed by atoms with Gasteiger partial charge in [-0.2, -0.15) is 0 Å². The van der Waals surface area contributed by atoms with Gasteiger partial charge >= 0.3 is 0 Å². The lowest BCUT2D eigenvalue weighted by molar-refractivity contribution is -0.123. The molecule has 2 fully saturated rings. The second-order valence-corrected chi connectivity index (χ2v) is 5.78. The largest absolute Gasteiger partial charge is 0.393 e. The smallest absolute Gasteiger partial charge is 0.127 e. The highest BCUT2D eigenvalue weighted by molar-refractivity contribution is 5.60. The first-order valence-corrected chi connectivity index (χ1v) is 6.54. The first kappa shape index (κ1) is 13.0. The van der Waals surface area contributed by atoms with Gasteiger partial charge in [-0.25, -0.2) is 0 Å². The molecule has 0 spiro atoms. The summed E-state index contributed by atoms with van der Waals surface area (Å²) in [5.74, 6) is 0.610. The Morgan fingerprint density at radius 3 is 2.59 bits per heavy atom. The van der Waals surface area contributed by atoms with Crippen LogP contribution in [0.15, 0.2) is 0 Å². The lowest BCUT2D eigenvalue weighted by atomic mass is 9.79. The molecule has 2 aliphatic rings. The molecule has 17 heavy (non-hydrogen) atoms. The van der Waals surface area contributed by atoms with Gasteiger partial charge in [0, 0.05) is 31.7 Å². The van der Waals surface area contributed by atoms with E-state index < -0.39 is 0 Å². The van der Waals surface area contributed by atoms with Crippen molar-refractivity contribution in [3.63, 3.8) is 0 Å². The van der Waals surface area contributed by atoms with E-state index in [-0.39, 0.29) is 11.5 Å². The minimum Gasteiger partial charge on any atom is -0.393 e. The predicted molar refractivity (Wildman–Crippen MR) is 64.8 cm³/mol. The lowest BCUT2D eigenvalue weighted by Crippen LogP contribution is -2.44. The SMILES string of the molecule is CN(CC1CC(O)C1)CC1(C=O)CCOCC1. The maximum atomic E-state index is 11.3. The maximum absolute atomic E-state index is 11.3. The number of hydrogen-bond donors (Lipinski definition) is 1. The molecule has 0 aromatic rings. The van der Waals surface area contributed by atoms with Gasteiger partial charge in [-0.15, -0.1) is 0 Å². The summed E-state index contributed by atoms with van der Waals surface area (Å²) in [5.41, 5.74) is -0.199. The van der Waals surface area contributed by atoms with Gasteiger partial charge in [-0.3, -0.25) is 0 Å². The summed E-state index contributed by atoms with van der Waals surface area (Å²) in [6, 6.07) is 0. The van der Waals surface area contributed by atoms with Crippen molar-refractivity contribution in [1.29, 1.82) is 0 Å². The molecule has 1 aliphatic carbocycles. The van der Waals surface area contributed by atoms with Crippen LogP contribution in [0.25, 0.3) is 0 Å². The molecule has 0 radical (unpaired) electrons. The van der Waals surface area contributed by atoms with Gasteiger partial charge in [0.2, 0.25) is 0 Å². The molecule has 1 aliphatic heterocycles. The maximum Gasteiger partial charge on any atom is 0.127 e. The summed E-state index contributed by atoms with van der Waals surface area (Å²) < 4.78 is 5.33. The first-order valence-electron chi connectivity index (χ1n) is 6.54. The van der Waals surface area contributed by atoms with Gasteiger partial charge in [0.15, 0.2) is 0 Å². The average molecular weight is 241 g/mol. The Labute approximate surface area is 103 Å². The molecule has 0 aromatic heterocycles. The van der Waals surface area contributed by atoms with E-state index in [1.165, 1.54) is 0 Å². The Kier molecular flexibility index (Phi) is 4.17. The van der Waals surface area contributed by atoms with Crippen molar-refractivity contribution in [3.8, 4) is 0 Å². The van der Waals surface area contributed by atoms with Crippen molar-refractivity contribution in [2.45, 2.75) is 31.8 Å². The highest BCUT2D eigenvalue weighted by Gasteiger charge is 2.35. The van der Waals surface area contributed by atoms with Crippen LogP contribution in [0.3, 0.4) is 0 Å². The van der Waals surface area contributed by atoms with E-state index >= 15 is 0 Å². The third kappa shape index (κ3) is 3.27. The van der Waals surface area contributed by atoms with Crippen LogP contribution in [-0.4, -0.2) is 55.7 Å². The fourth-order valence-electron chi connectivity index (χ4n) is 2.98. The van der Waals surface area contributed by atoms with Crippen molar-refractivity contribution >= 4 is 6.29 Å². The van der Waals surface area contributed by atoms with Crippen LogP contribution in [0.2, 0.25) is 0 Å². The Balaban J connectivity index is 1.79. The second kappa shape index (κ2) is 5.46. The molecule has 4 nitrogen and oxygen atoms in total. The topological polar surface area (TPSA) is 49.8 Å². The van der Waals surface area contributed by atoms with E-state index in [1.54, 1.807) is 0 Å². The fraction of sp³-hybridized carbons (Fsp3) is 0.923. The van der Waals surface area contributed by atoms with Gasteiger partial charge in [0.25, 0.3) is 0 Å². The third-order valence-electron chi connectivity index (χ3n) is 4.10. The van der Waals surface area contributed by atoms with Crippen molar-refractivity contribution in [2.75, 3.05) is 33.4 Å². The van der Waals surface area contributed by atoms with Crippen molar-refractivity contribution < 1.29 is 14.6 Å². The number of aliphatic hydroxyl groups excluding tert-OH is 1. The molecular formula is C13H23NO3. The molecule has 98 valence electrons. The number of hydrogen-bond acceptors (Lipinski definition) is 4. The lowest BCUT2D eigenvalue weighted by Gasteiger charge is -2.39. The molecule has 0 atom stereocenters. The molecule has 2 rings (SSSR count). The second-order valence-electron chi connectivity index (χ2n) is 5.78. The fourth-order valence-corrected chi connectivity index (χ4v) is 2.98. The van der Waals surface area contributed by atoms with Crippen LogP contribution in [0.1, 0.15) is 25.7 Å². The number of nitrogens with zero attached hydrogens (tertiary/aromatic N) is 1. The number of ether oxygens (including phenoxy) is 1. The number of carbonyl (C=O) groups excluding carboxylic acids is 1. The summed E-state index contributed by atoms with van der Waals surface area (Å²) in [7, 11) is 2.07. The summed E-state index contributed by atoms with van der Waals surface area (Å²) in [6.07, 6.45) is 4.56. The molecule has 0 bridgehead atoms. The molecule has 4 heteroatoms. The van der Waals surface area contributed by atoms with Crippen molar-refractivity contribution in [2.24, 2.45) is 11.3 Å². The van der Waals surface area contributed by atoms with Gasteiger partial charge in [-0.05, 0) is 38.6 Å². The number of rotatable bonds is 5. The number of aldehydes is 1. The Hall–Kier alpha value is -0.450. The zero-order valence-corrected chi connectivity index (χ0v) is 10.6. The minimum absolute atomic E-state index is 0.0866. The Bertz CT molecular complexity index is 257. The van der Waals surface area contributed by atoms with E-state index in [9.17, 15) is 9.90 Å². The molecule has 0 aromatic carbocycles. The molecule has 1 N–H and O–H groups in total. The average Bonchev–Trinajstić information content (AvgIpc) is 2.28. The molecule has 0 unspecified atom stereocenters. The third-order valence-corrected chi connectivity index (χ3v) is 4.10. The highest BCUT2D eigenvalue weighted by atomic mass is 16.5. The molecule has 0 amide bonds. The van der Waals surface area contributed by atoms with Crippen molar-refractivity contribution in [3.05, 3.63) is 0 Å². The first-order chi connectivity index (χ1) is 8.13. The standard InChI is InChI=1S/C13H23NO3/c1-14(8-11-6-12(16)7-11)9-13(10-15)2-4-17-5-3-13/h10-12,16H,2-9H2,1H3. The highest BCUT2D eigenvalue weighted by Crippen LogP contribution is 2.31. The number of aliphatic hydroxyl groups is 1. The Morgan fingerprint density at radius 1 is 1.41 bits per heavy atom. The van der Waals surface area contributed by atoms with E-state index in [4.69, 9.17) is 4.74 Å². The van der Waals surface area contributed by atoms with Gasteiger partial charge in [0.05, 0.1) is 6.10 Å². The van der Waals surface area contributed by atoms with E-state index in [0.29, 0.717) is 19.1 Å². The van der Waals surface area contributed by atoms with E-state index in [0.717, 1.165) is 45.1 Å². The molecule has 1 saturated carbocycles. The minimum atomic E-state index is -0.199. The zero-order valence-electron chi connectivity index (χ0n) is 10.6. The normalized spacial score (nSPS) is 32.2. The van der Waals surface area contributed by atoms with Crippen LogP contribution >= 0.6 is 0 Å². The summed E-state index contributed by atoms with van der Waals surface area (Å²) in [5, 5.41) is 9.26. The summed E-state index contributed by atoms with van der Waals surface area (Å²) in [4.78, 5) is 13.6.